The Balaban J connectivity index is 0.00000216. The first kappa shape index (κ1) is 25.8. The van der Waals surface area contributed by atoms with E-state index in [0.29, 0.717) is 11.1 Å². The number of pyridine rings is 1. The number of fused-ring (bicyclic) bond motifs is 1. The van der Waals surface area contributed by atoms with E-state index in [1.54, 1.807) is 18.2 Å². The van der Waals surface area contributed by atoms with Gasteiger partial charge < -0.3 is 7.16 Å². The van der Waals surface area contributed by atoms with Crippen LogP contribution >= 0.6 is 0 Å². The summed E-state index contributed by atoms with van der Waals surface area (Å²) in [5.41, 5.74) is 6.34. The van der Waals surface area contributed by atoms with Crippen molar-refractivity contribution >= 4 is 38.0 Å². The Morgan fingerprint density at radius 3 is 2.26 bits per heavy atom. The van der Waals surface area contributed by atoms with Gasteiger partial charge in [-0.25, -0.2) is 0 Å². The van der Waals surface area contributed by atoms with Gasteiger partial charge in [-0.05, 0) is 30.3 Å². The monoisotopic (exact) mass is 496 g/mol. The summed E-state index contributed by atoms with van der Waals surface area (Å²) in [6.07, 6.45) is -3.16. The Bertz CT molecular complexity index is 1500. The van der Waals surface area contributed by atoms with Crippen LogP contribution in [0.4, 0.5) is 30.2 Å². The van der Waals surface area contributed by atoms with Crippen LogP contribution in [0.3, 0.4) is 0 Å². The molecule has 0 aliphatic heterocycles. The predicted molar refractivity (Wildman–Crippen MR) is 118 cm³/mol. The zero-order valence-corrected chi connectivity index (χ0v) is 20.5. The molecule has 7 nitrogen and oxygen atoms in total. The molecule has 4 aromatic rings. The fourth-order valence-electron chi connectivity index (χ4n) is 3.23. The Labute approximate surface area is 216 Å². The number of halogens is 3. The van der Waals surface area contributed by atoms with Crippen LogP contribution in [0.1, 0.15) is 6.99 Å². The third kappa shape index (κ3) is 5.45. The second kappa shape index (κ2) is 9.80. The van der Waals surface area contributed by atoms with Gasteiger partial charge in [0, 0.05) is 16.3 Å². The molecule has 34 heavy (non-hydrogen) atoms. The maximum Gasteiger partial charge on any atom is 1.00 e. The number of azo groups is 1. The number of anilines is 1. The summed E-state index contributed by atoms with van der Waals surface area (Å²) in [4.78, 5) is 3.76. The average Bonchev–Trinajstić information content (AvgIpc) is 2.78. The van der Waals surface area contributed by atoms with E-state index in [1.807, 2.05) is 0 Å². The molecular weight excluding hydrogens is 480 g/mol. The van der Waals surface area contributed by atoms with Crippen LogP contribution in [0.25, 0.3) is 22.0 Å². The minimum atomic E-state index is -4.55. The number of aromatic nitrogens is 1. The van der Waals surface area contributed by atoms with Crippen LogP contribution in [-0.4, -0.2) is 18.0 Å². The Hall–Kier alpha value is -2.83. The zero-order chi connectivity index (χ0) is 23.8. The molecule has 0 atom stereocenters. The average molecular weight is 496 g/mol. The van der Waals surface area contributed by atoms with Crippen molar-refractivity contribution < 1.29 is 57.1 Å². The summed E-state index contributed by atoms with van der Waals surface area (Å²) in [6.45, 7) is 0. The van der Waals surface area contributed by atoms with Crippen molar-refractivity contribution in [2.45, 2.75) is 11.1 Å². The molecule has 0 radical (unpaired) electrons. The Morgan fingerprint density at radius 1 is 0.941 bits per heavy atom. The van der Waals surface area contributed by atoms with Crippen LogP contribution in [-0.2, 0) is 16.3 Å². The quantitative estimate of drug-likeness (QED) is 0.195. The van der Waals surface area contributed by atoms with Gasteiger partial charge in [-0.2, -0.15) is 21.6 Å². The molecule has 170 valence electrons. The minimum absolute atomic E-state index is 0. The van der Waals surface area contributed by atoms with Crippen LogP contribution in [0.2, 0.25) is 0 Å². The number of nitrogens with two attached hydrogens (primary N) is 1. The molecule has 0 amide bonds. The molecule has 0 saturated heterocycles. The number of hydrogen-bond acceptors (Lipinski definition) is 6. The third-order valence-electron chi connectivity index (χ3n) is 4.81. The summed E-state index contributed by atoms with van der Waals surface area (Å²) >= 11 is 0. The molecule has 1 aromatic heterocycles. The zero-order valence-electron chi connectivity index (χ0n) is 18.7. The Kier molecular flexibility index (Phi) is 7.44. The van der Waals surface area contributed by atoms with Gasteiger partial charge in [0.05, 0.1) is 23.1 Å². The maximum atomic E-state index is 12.9. The summed E-state index contributed by atoms with van der Waals surface area (Å²) in [5, 5.41) is 8.58. The van der Waals surface area contributed by atoms with Crippen molar-refractivity contribution in [3.8, 4) is 11.3 Å². The molecule has 0 aliphatic rings. The summed E-state index contributed by atoms with van der Waals surface area (Å²) < 4.78 is 72.0. The first-order valence-corrected chi connectivity index (χ1v) is 10.8. The van der Waals surface area contributed by atoms with Crippen LogP contribution in [0.15, 0.2) is 88.1 Å². The molecule has 0 bridgehead atoms. The second-order valence-electron chi connectivity index (χ2n) is 7.01. The fraction of sp³-hybridized carbons (Fsp3) is 0.0455. The van der Waals surface area contributed by atoms with Crippen molar-refractivity contribution in [3.63, 3.8) is 0 Å². The summed E-state index contributed by atoms with van der Waals surface area (Å²) in [7, 11) is -4.55. The minimum Gasteiger partial charge on any atom is -1.00 e. The second-order valence-corrected chi connectivity index (χ2v) is 8.40. The van der Waals surface area contributed by atoms with Crippen molar-refractivity contribution in [2.75, 3.05) is 5.73 Å². The van der Waals surface area contributed by atoms with E-state index in [4.69, 9.17) is 5.73 Å². The fourth-order valence-corrected chi connectivity index (χ4v) is 3.95. The van der Waals surface area contributed by atoms with Gasteiger partial charge >= 0.3 is 35.7 Å². The van der Waals surface area contributed by atoms with E-state index in [9.17, 15) is 26.1 Å². The number of nitrogen functional groups attached to an aromatic ring is 1. The molecule has 12 heteroatoms. The molecule has 0 saturated carbocycles. The molecule has 0 aliphatic carbocycles. The number of alkyl halides is 3. The molecule has 3 N–H and O–H groups in total. The smallest absolute Gasteiger partial charge is 1.00 e. The van der Waals surface area contributed by atoms with Gasteiger partial charge in [-0.1, -0.05) is 36.4 Å². The van der Waals surface area contributed by atoms with Gasteiger partial charge in [-0.3, -0.25) is 9.54 Å². The van der Waals surface area contributed by atoms with Gasteiger partial charge in [0.2, 0.25) is 0 Å². The molecule has 3 aromatic carbocycles. The van der Waals surface area contributed by atoms with Crippen LogP contribution in [0.5, 0.6) is 0 Å². The van der Waals surface area contributed by atoms with Crippen LogP contribution in [0, 0.1) is 0 Å². The van der Waals surface area contributed by atoms with Gasteiger partial charge in [0.1, 0.15) is 16.3 Å². The van der Waals surface area contributed by atoms with Gasteiger partial charge in [0.25, 0.3) is 10.1 Å². The predicted octanol–water partition coefficient (Wildman–Crippen LogP) is 3.28. The molecule has 4 rings (SSSR count). The van der Waals surface area contributed by atoms with Crippen molar-refractivity contribution in [1.82, 2.24) is 4.98 Å². The van der Waals surface area contributed by atoms with E-state index in [0.717, 1.165) is 18.2 Å². The number of nitrogens with zero attached hydrogens (tertiary/aromatic N) is 3. The first-order valence-electron chi connectivity index (χ1n) is 9.38. The standard InChI is InChI=1S/C22H15F3N4O3S.Na.H/c23-22(24,25)14-5-3-4-13(10-14)18-9-8-15(12-27-18)28-29-19-11-20(33(30,31)32)16-6-1-2-7-17(16)21(19)26;;/h1-12H,26H2,(H,30,31,32);;/q;+1;-1. The van der Waals surface area contributed by atoms with Crippen molar-refractivity contribution in [3.05, 3.63) is 78.5 Å². The molecule has 0 unspecified atom stereocenters. The number of rotatable bonds is 4. The summed E-state index contributed by atoms with van der Waals surface area (Å²) in [6, 6.07) is 15.2. The van der Waals surface area contributed by atoms with E-state index < -0.39 is 21.9 Å². The normalized spacial score (nSPS) is 12.1. The van der Waals surface area contributed by atoms with E-state index in [1.165, 1.54) is 36.5 Å². The van der Waals surface area contributed by atoms with E-state index in [-0.39, 0.29) is 63.9 Å². The van der Waals surface area contributed by atoms with E-state index >= 15 is 0 Å². The molecular formula is C22H16F3N4NaO3S. The van der Waals surface area contributed by atoms with Gasteiger partial charge in [0.15, 0.2) is 0 Å². The number of benzene rings is 3. The molecule has 0 fully saturated rings. The molecule has 1 heterocycles. The van der Waals surface area contributed by atoms with Crippen molar-refractivity contribution in [1.29, 1.82) is 0 Å². The van der Waals surface area contributed by atoms with Gasteiger partial charge in [-0.15, -0.1) is 10.2 Å². The number of hydrogen-bond donors (Lipinski definition) is 2. The van der Waals surface area contributed by atoms with Crippen LogP contribution < -0.4 is 35.3 Å². The van der Waals surface area contributed by atoms with Crippen molar-refractivity contribution in [2.24, 2.45) is 10.2 Å². The topological polar surface area (TPSA) is 118 Å². The summed E-state index contributed by atoms with van der Waals surface area (Å²) in [5.74, 6) is 0. The third-order valence-corrected chi connectivity index (χ3v) is 5.70. The first-order chi connectivity index (χ1) is 15.5. The SMILES string of the molecule is Nc1c(N=Nc2ccc(-c3cccc(C(F)(F)F)c3)nc2)cc(S(=O)(=O)O)c2ccccc12.[H-].[Na+]. The largest absolute Gasteiger partial charge is 1.00 e. The Morgan fingerprint density at radius 2 is 1.65 bits per heavy atom. The van der Waals surface area contributed by atoms with E-state index in [2.05, 4.69) is 15.2 Å². The maximum absolute atomic E-state index is 12.9. The molecule has 0 spiro atoms.